The molecule has 0 saturated heterocycles. The lowest BCUT2D eigenvalue weighted by molar-refractivity contribution is -0.153. The normalized spacial score (nSPS) is 14.8. The number of unbranched alkanes of at least 4 members (excludes halogenated alkanes) is 10. The van der Waals surface area contributed by atoms with Crippen molar-refractivity contribution in [3.05, 3.63) is 24.3 Å². The Morgan fingerprint density at radius 1 is 0.659 bits per heavy atom. The van der Waals surface area contributed by atoms with E-state index in [4.69, 9.17) is 18.5 Å². The quantitative estimate of drug-likeness (QED) is 0.0400. The number of hydrogen-bond donors (Lipinski definition) is 3. The maximum Gasteiger partial charge on any atom is 0.472 e. The van der Waals surface area contributed by atoms with Gasteiger partial charge in [-0.15, -0.1) is 0 Å². The number of hydrogen-bond acceptors (Lipinski definition) is 9. The van der Waals surface area contributed by atoms with Gasteiger partial charge in [0.15, 0.2) is 0 Å². The molecule has 0 rings (SSSR count). The molecule has 0 aromatic heterocycles. The first-order valence-electron chi connectivity index (χ1n) is 15.3. The van der Waals surface area contributed by atoms with Crippen molar-refractivity contribution in [2.45, 2.75) is 129 Å². The molecule has 0 saturated carbocycles. The predicted molar refractivity (Wildman–Crippen MR) is 159 cm³/mol. The van der Waals surface area contributed by atoms with E-state index >= 15 is 0 Å². The van der Waals surface area contributed by atoms with Crippen LogP contribution in [-0.4, -0.2) is 65.7 Å². The Bertz CT molecular complexity index is 756. The van der Waals surface area contributed by atoms with Crippen molar-refractivity contribution in [3.63, 3.8) is 0 Å². The molecule has 10 nitrogen and oxygen atoms in total. The zero-order chi connectivity index (χ0) is 30.6. The summed E-state index contributed by atoms with van der Waals surface area (Å²) in [4.78, 5) is 33.6. The van der Waals surface area contributed by atoms with Crippen LogP contribution in [0.2, 0.25) is 0 Å². The Hall–Kier alpha value is -1.55. The molecule has 0 radical (unpaired) electrons. The highest BCUT2D eigenvalue weighted by Gasteiger charge is 2.27. The Morgan fingerprint density at radius 3 is 1.59 bits per heavy atom. The van der Waals surface area contributed by atoms with Gasteiger partial charge in [0.1, 0.15) is 12.2 Å². The number of aliphatic hydroxyl groups is 2. The van der Waals surface area contributed by atoms with E-state index < -0.39 is 58.4 Å². The highest BCUT2D eigenvalue weighted by atomic mass is 31.2. The van der Waals surface area contributed by atoms with Gasteiger partial charge in [-0.05, 0) is 44.9 Å². The minimum Gasteiger partial charge on any atom is -0.457 e. The van der Waals surface area contributed by atoms with Crippen molar-refractivity contribution >= 4 is 19.8 Å². The number of esters is 2. The molecule has 0 aliphatic rings. The van der Waals surface area contributed by atoms with Crippen LogP contribution in [0.3, 0.4) is 0 Å². The number of carbonyl (C=O) groups is 2. The van der Waals surface area contributed by atoms with Crippen molar-refractivity contribution in [2.24, 2.45) is 0 Å². The van der Waals surface area contributed by atoms with Gasteiger partial charge in [0.2, 0.25) is 0 Å². The highest BCUT2D eigenvalue weighted by molar-refractivity contribution is 7.47. The molecule has 0 aromatic carbocycles. The molecule has 0 heterocycles. The van der Waals surface area contributed by atoms with E-state index in [1.165, 1.54) is 32.1 Å². The van der Waals surface area contributed by atoms with Crippen molar-refractivity contribution in [1.82, 2.24) is 0 Å². The summed E-state index contributed by atoms with van der Waals surface area (Å²) in [5.41, 5.74) is 0. The van der Waals surface area contributed by atoms with Crippen LogP contribution in [0.1, 0.15) is 117 Å². The van der Waals surface area contributed by atoms with Gasteiger partial charge >= 0.3 is 19.8 Å². The largest absolute Gasteiger partial charge is 0.472 e. The lowest BCUT2D eigenvalue weighted by Gasteiger charge is -2.20. The molecule has 3 N–H and O–H groups in total. The first-order chi connectivity index (χ1) is 19.8. The predicted octanol–water partition coefficient (Wildman–Crippen LogP) is 6.32. The van der Waals surface area contributed by atoms with Gasteiger partial charge in [-0.1, -0.05) is 83.1 Å². The van der Waals surface area contributed by atoms with E-state index in [1.54, 1.807) is 0 Å². The Labute approximate surface area is 247 Å². The van der Waals surface area contributed by atoms with Crippen molar-refractivity contribution in [1.29, 1.82) is 0 Å². The van der Waals surface area contributed by atoms with E-state index in [0.29, 0.717) is 12.8 Å². The fraction of sp³-hybridized carbons (Fsp3) is 0.800. The van der Waals surface area contributed by atoms with Crippen LogP contribution in [-0.2, 0) is 32.7 Å². The molecule has 41 heavy (non-hydrogen) atoms. The molecule has 3 unspecified atom stereocenters. The SMILES string of the molecule is CCCCCC/C=C\C/C=C\CCCCCCCC(=O)OC(CO)COP(=O)(O)OCC(CO)OC(=O)CCCC. The molecule has 0 spiro atoms. The second-order valence-corrected chi connectivity index (χ2v) is 11.5. The van der Waals surface area contributed by atoms with Crippen molar-refractivity contribution < 1.29 is 47.8 Å². The minimum absolute atomic E-state index is 0.166. The number of aliphatic hydroxyl groups excluding tert-OH is 2. The van der Waals surface area contributed by atoms with Crippen LogP contribution < -0.4 is 0 Å². The lowest BCUT2D eigenvalue weighted by atomic mass is 10.1. The van der Waals surface area contributed by atoms with E-state index in [2.05, 4.69) is 31.2 Å². The van der Waals surface area contributed by atoms with Crippen molar-refractivity contribution in [3.8, 4) is 0 Å². The van der Waals surface area contributed by atoms with Crippen LogP contribution in [0.15, 0.2) is 24.3 Å². The number of carbonyl (C=O) groups excluding carboxylic acids is 2. The first kappa shape index (κ1) is 39.5. The minimum atomic E-state index is -4.60. The number of allylic oxidation sites excluding steroid dienone is 4. The fourth-order valence-electron chi connectivity index (χ4n) is 3.71. The molecule has 3 atom stereocenters. The molecule has 0 fully saturated rings. The van der Waals surface area contributed by atoms with Gasteiger partial charge in [0.05, 0.1) is 26.4 Å². The van der Waals surface area contributed by atoms with Crippen LogP contribution in [0, 0.1) is 0 Å². The van der Waals surface area contributed by atoms with Crippen LogP contribution >= 0.6 is 7.82 Å². The number of phosphoric ester groups is 1. The van der Waals surface area contributed by atoms with Gasteiger partial charge in [0, 0.05) is 12.8 Å². The first-order valence-corrected chi connectivity index (χ1v) is 16.8. The Morgan fingerprint density at radius 2 is 1.10 bits per heavy atom. The molecule has 0 amide bonds. The Kier molecular flexibility index (Phi) is 26.3. The second kappa shape index (κ2) is 27.3. The van der Waals surface area contributed by atoms with E-state index in [1.807, 2.05) is 6.92 Å². The Balaban J connectivity index is 3.97. The molecule has 0 aliphatic carbocycles. The summed E-state index contributed by atoms with van der Waals surface area (Å²) < 4.78 is 31.8. The van der Waals surface area contributed by atoms with Gasteiger partial charge in [-0.2, -0.15) is 0 Å². The molecular formula is C30H55O10P. The molecular weight excluding hydrogens is 551 g/mol. The number of phosphoric acid groups is 1. The zero-order valence-corrected chi connectivity index (χ0v) is 26.1. The summed E-state index contributed by atoms with van der Waals surface area (Å²) in [5, 5.41) is 18.7. The number of ether oxygens (including phenoxy) is 2. The van der Waals surface area contributed by atoms with E-state index in [9.17, 15) is 29.3 Å². The van der Waals surface area contributed by atoms with E-state index in [0.717, 1.165) is 44.9 Å². The summed E-state index contributed by atoms with van der Waals surface area (Å²) in [6.45, 7) is 1.83. The molecule has 0 aliphatic heterocycles. The maximum atomic E-state index is 12.1. The third-order valence-electron chi connectivity index (χ3n) is 6.17. The average molecular weight is 607 g/mol. The maximum absolute atomic E-state index is 12.1. The third-order valence-corrected chi connectivity index (χ3v) is 7.12. The van der Waals surface area contributed by atoms with Crippen LogP contribution in [0.25, 0.3) is 0 Å². The highest BCUT2D eigenvalue weighted by Crippen LogP contribution is 2.43. The summed E-state index contributed by atoms with van der Waals surface area (Å²) >= 11 is 0. The topological polar surface area (TPSA) is 149 Å². The summed E-state index contributed by atoms with van der Waals surface area (Å²) in [7, 11) is -4.60. The summed E-state index contributed by atoms with van der Waals surface area (Å²) in [5.74, 6) is -1.07. The number of rotatable bonds is 28. The van der Waals surface area contributed by atoms with Gasteiger partial charge in [0.25, 0.3) is 0 Å². The fourth-order valence-corrected chi connectivity index (χ4v) is 4.49. The van der Waals surface area contributed by atoms with Crippen LogP contribution in [0.4, 0.5) is 0 Å². The van der Waals surface area contributed by atoms with E-state index in [-0.39, 0.29) is 12.8 Å². The van der Waals surface area contributed by atoms with Gasteiger partial charge in [-0.25, -0.2) is 4.57 Å². The van der Waals surface area contributed by atoms with Gasteiger partial charge in [-0.3, -0.25) is 18.6 Å². The summed E-state index contributed by atoms with van der Waals surface area (Å²) in [6, 6.07) is 0. The van der Waals surface area contributed by atoms with Gasteiger partial charge < -0.3 is 24.6 Å². The smallest absolute Gasteiger partial charge is 0.457 e. The summed E-state index contributed by atoms with van der Waals surface area (Å²) in [6.07, 6.45) is 21.6. The standard InChI is InChI=1S/C30H55O10P/c1-3-5-7-8-9-10-11-12-13-14-15-16-17-18-19-20-22-30(34)40-28(24-32)26-38-41(35,36)37-25-27(23-31)39-29(33)21-6-4-2/h10-11,13-14,27-28,31-32H,3-9,12,15-26H2,1-2H3,(H,35,36)/b11-10-,14-13-. The molecule has 11 heteroatoms. The molecule has 0 aromatic rings. The van der Waals surface area contributed by atoms with Crippen molar-refractivity contribution in [2.75, 3.05) is 26.4 Å². The average Bonchev–Trinajstić information content (AvgIpc) is 2.96. The third kappa shape index (κ3) is 25.9. The lowest BCUT2D eigenvalue weighted by Crippen LogP contribution is -2.28. The second-order valence-electron chi connectivity index (χ2n) is 10.1. The molecule has 0 bridgehead atoms. The van der Waals surface area contributed by atoms with Crippen LogP contribution in [0.5, 0.6) is 0 Å². The monoisotopic (exact) mass is 606 g/mol. The molecule has 240 valence electrons. The zero-order valence-electron chi connectivity index (χ0n) is 25.3.